The molecule has 2 aliphatic rings. The molecule has 4 atom stereocenters. The summed E-state index contributed by atoms with van der Waals surface area (Å²) >= 11 is 0. The van der Waals surface area contributed by atoms with Gasteiger partial charge in [0.15, 0.2) is 0 Å². The van der Waals surface area contributed by atoms with E-state index in [9.17, 15) is 22.8 Å². The molecule has 1 N–H and O–H groups in total. The summed E-state index contributed by atoms with van der Waals surface area (Å²) in [5.41, 5.74) is 0. The van der Waals surface area contributed by atoms with Crippen molar-refractivity contribution in [2.45, 2.75) is 12.8 Å². The van der Waals surface area contributed by atoms with E-state index in [-0.39, 0.29) is 5.92 Å². The number of allylic oxidation sites excluding steroid dienone is 2. The molecule has 7 heteroatoms. The molecular weight excluding hydrogens is 241 g/mol. The van der Waals surface area contributed by atoms with Gasteiger partial charge in [-0.25, -0.2) is 0 Å². The van der Waals surface area contributed by atoms with Crippen molar-refractivity contribution in [3.8, 4) is 0 Å². The second-order valence-corrected chi connectivity index (χ2v) is 4.20. The average Bonchev–Trinajstić information content (AvgIpc) is 2.72. The van der Waals surface area contributed by atoms with Crippen molar-refractivity contribution in [2.24, 2.45) is 23.7 Å². The molecule has 0 aromatic carbocycles. The second-order valence-electron chi connectivity index (χ2n) is 4.20. The van der Waals surface area contributed by atoms with Gasteiger partial charge in [0.05, 0.1) is 11.8 Å². The summed E-state index contributed by atoms with van der Waals surface area (Å²) in [4.78, 5) is 22.3. The highest BCUT2D eigenvalue weighted by molar-refractivity contribution is 5.83. The average molecular weight is 250 g/mol. The van der Waals surface area contributed by atoms with Crippen molar-refractivity contribution in [2.75, 3.05) is 0 Å². The third-order valence-electron chi connectivity index (χ3n) is 3.23. The van der Waals surface area contributed by atoms with Gasteiger partial charge in [0, 0.05) is 0 Å². The first kappa shape index (κ1) is 11.9. The number of halogens is 3. The standard InChI is InChI=1S/C10H9F3O4/c11-10(12,13)17-9(16)7-5-2-1-4(3-5)6(7)8(14)15/h1-2,4-7H,3H2,(H,14,15). The molecule has 0 aromatic rings. The fourth-order valence-electron chi connectivity index (χ4n) is 2.66. The van der Waals surface area contributed by atoms with Crippen LogP contribution in [0.25, 0.3) is 0 Å². The maximum atomic E-state index is 11.9. The van der Waals surface area contributed by atoms with E-state index >= 15 is 0 Å². The molecule has 0 saturated heterocycles. The number of carboxylic acid groups (broad SMARTS) is 1. The van der Waals surface area contributed by atoms with Crippen LogP contribution in [0, 0.1) is 23.7 Å². The molecule has 2 aliphatic carbocycles. The maximum absolute atomic E-state index is 11.9. The second kappa shape index (κ2) is 3.75. The van der Waals surface area contributed by atoms with Crippen LogP contribution in [0.1, 0.15) is 6.42 Å². The summed E-state index contributed by atoms with van der Waals surface area (Å²) in [7, 11) is 0. The normalized spacial score (nSPS) is 35.0. The number of carboxylic acids is 1. The van der Waals surface area contributed by atoms with Crippen LogP contribution >= 0.6 is 0 Å². The third kappa shape index (κ3) is 2.13. The summed E-state index contributed by atoms with van der Waals surface area (Å²) in [5, 5.41) is 8.93. The molecular formula is C10H9F3O4. The number of fused-ring (bicyclic) bond motifs is 2. The molecule has 0 spiro atoms. The Balaban J connectivity index is 2.17. The van der Waals surface area contributed by atoms with E-state index in [2.05, 4.69) is 4.74 Å². The van der Waals surface area contributed by atoms with Gasteiger partial charge in [-0.1, -0.05) is 12.2 Å². The zero-order valence-corrected chi connectivity index (χ0v) is 8.48. The Hall–Kier alpha value is -1.53. The van der Waals surface area contributed by atoms with Crippen molar-refractivity contribution in [3.63, 3.8) is 0 Å². The van der Waals surface area contributed by atoms with Crippen molar-refractivity contribution in [3.05, 3.63) is 12.2 Å². The number of alkyl halides is 3. The van der Waals surface area contributed by atoms with Crippen LogP contribution in [0.5, 0.6) is 0 Å². The first-order chi connectivity index (χ1) is 7.79. The van der Waals surface area contributed by atoms with Crippen molar-refractivity contribution < 1.29 is 32.6 Å². The molecule has 1 saturated carbocycles. The van der Waals surface area contributed by atoms with E-state index in [1.807, 2.05) is 0 Å². The van der Waals surface area contributed by atoms with Gasteiger partial charge in [-0.05, 0) is 18.3 Å². The molecule has 17 heavy (non-hydrogen) atoms. The summed E-state index contributed by atoms with van der Waals surface area (Å²) < 4.78 is 39.1. The minimum absolute atomic E-state index is 0.372. The third-order valence-corrected chi connectivity index (χ3v) is 3.23. The molecule has 2 bridgehead atoms. The zero-order chi connectivity index (χ0) is 12.8. The van der Waals surface area contributed by atoms with E-state index in [1.54, 1.807) is 12.2 Å². The lowest BCUT2D eigenvalue weighted by Gasteiger charge is -2.23. The lowest BCUT2D eigenvalue weighted by atomic mass is 9.83. The lowest BCUT2D eigenvalue weighted by molar-refractivity contribution is -0.308. The molecule has 0 radical (unpaired) electrons. The Kier molecular flexibility index (Phi) is 2.63. The van der Waals surface area contributed by atoms with Crippen LogP contribution in [0.2, 0.25) is 0 Å². The molecule has 0 aromatic heterocycles. The summed E-state index contributed by atoms with van der Waals surface area (Å²) in [6, 6.07) is 0. The maximum Gasteiger partial charge on any atom is 0.575 e. The molecule has 0 heterocycles. The van der Waals surface area contributed by atoms with Crippen LogP contribution in [-0.2, 0) is 14.3 Å². The van der Waals surface area contributed by atoms with Crippen molar-refractivity contribution in [1.82, 2.24) is 0 Å². The van der Waals surface area contributed by atoms with Gasteiger partial charge >= 0.3 is 18.3 Å². The summed E-state index contributed by atoms with van der Waals surface area (Å²) in [5.74, 6) is -5.93. The predicted molar refractivity (Wildman–Crippen MR) is 47.5 cm³/mol. The SMILES string of the molecule is O=C(O)C1C2C=CC(C2)C1C(=O)OC(F)(F)F. The van der Waals surface area contributed by atoms with Crippen molar-refractivity contribution >= 4 is 11.9 Å². The predicted octanol–water partition coefficient (Wildman–Crippen LogP) is 1.57. The van der Waals surface area contributed by atoms with Crippen LogP contribution in [0.4, 0.5) is 13.2 Å². The van der Waals surface area contributed by atoms with Gasteiger partial charge in [0.25, 0.3) is 0 Å². The van der Waals surface area contributed by atoms with Crippen LogP contribution in [0.15, 0.2) is 12.2 Å². The fourth-order valence-corrected chi connectivity index (χ4v) is 2.66. The number of esters is 1. The van der Waals surface area contributed by atoms with Gasteiger partial charge in [-0.2, -0.15) is 0 Å². The molecule has 1 fully saturated rings. The summed E-state index contributed by atoms with van der Waals surface area (Å²) in [6.07, 6.45) is -1.44. The molecule has 0 amide bonds. The van der Waals surface area contributed by atoms with Crippen LogP contribution < -0.4 is 0 Å². The number of aliphatic carboxylic acids is 1. The van der Waals surface area contributed by atoms with Crippen LogP contribution in [0.3, 0.4) is 0 Å². The van der Waals surface area contributed by atoms with E-state index in [0.29, 0.717) is 6.42 Å². The zero-order valence-electron chi connectivity index (χ0n) is 8.48. The van der Waals surface area contributed by atoms with E-state index < -0.39 is 36.1 Å². The number of ether oxygens (including phenoxy) is 1. The number of carbonyl (C=O) groups excluding carboxylic acids is 1. The lowest BCUT2D eigenvalue weighted by Crippen LogP contribution is -2.36. The van der Waals surface area contributed by atoms with E-state index in [1.165, 1.54) is 0 Å². The minimum Gasteiger partial charge on any atom is -0.481 e. The fraction of sp³-hybridized carbons (Fsp3) is 0.600. The Morgan fingerprint density at radius 3 is 2.18 bits per heavy atom. The van der Waals surface area contributed by atoms with Gasteiger partial charge < -0.3 is 9.84 Å². The highest BCUT2D eigenvalue weighted by Crippen LogP contribution is 2.49. The topological polar surface area (TPSA) is 63.6 Å². The van der Waals surface area contributed by atoms with E-state index in [0.717, 1.165) is 0 Å². The number of carbonyl (C=O) groups is 2. The first-order valence-electron chi connectivity index (χ1n) is 5.00. The quantitative estimate of drug-likeness (QED) is 0.597. The molecule has 4 unspecified atom stereocenters. The van der Waals surface area contributed by atoms with Gasteiger partial charge in [0.1, 0.15) is 0 Å². The molecule has 2 rings (SSSR count). The minimum atomic E-state index is -5.06. The largest absolute Gasteiger partial charge is 0.575 e. The highest BCUT2D eigenvalue weighted by Gasteiger charge is 2.54. The Labute approximate surface area is 94.0 Å². The smallest absolute Gasteiger partial charge is 0.481 e. The van der Waals surface area contributed by atoms with Crippen LogP contribution in [-0.4, -0.2) is 23.4 Å². The summed E-state index contributed by atoms with van der Waals surface area (Å²) in [6.45, 7) is 0. The Morgan fingerprint density at radius 2 is 1.71 bits per heavy atom. The Bertz CT molecular complexity index is 388. The monoisotopic (exact) mass is 250 g/mol. The van der Waals surface area contributed by atoms with Gasteiger partial charge in [-0.3, -0.25) is 9.59 Å². The van der Waals surface area contributed by atoms with Gasteiger partial charge in [-0.15, -0.1) is 13.2 Å². The van der Waals surface area contributed by atoms with Gasteiger partial charge in [0.2, 0.25) is 0 Å². The highest BCUT2D eigenvalue weighted by atomic mass is 19.4. The molecule has 0 aliphatic heterocycles. The Morgan fingerprint density at radius 1 is 1.18 bits per heavy atom. The van der Waals surface area contributed by atoms with Crippen molar-refractivity contribution in [1.29, 1.82) is 0 Å². The van der Waals surface area contributed by atoms with E-state index in [4.69, 9.17) is 5.11 Å². The number of hydrogen-bond acceptors (Lipinski definition) is 3. The number of hydrogen-bond donors (Lipinski definition) is 1. The first-order valence-corrected chi connectivity index (χ1v) is 5.00. The number of rotatable bonds is 2. The molecule has 4 nitrogen and oxygen atoms in total. The molecule has 94 valence electrons.